The normalized spacial score (nSPS) is 38.2. The fourth-order valence-corrected chi connectivity index (χ4v) is 3.04. The minimum atomic E-state index is -0.241. The molecule has 0 aromatic rings. The molecule has 0 aromatic heterocycles. The lowest BCUT2D eigenvalue weighted by Gasteiger charge is -2.42. The van der Waals surface area contributed by atoms with Gasteiger partial charge in [0.05, 0.1) is 6.04 Å². The molecule has 0 aliphatic carbocycles. The molecule has 2 fully saturated rings. The Morgan fingerprint density at radius 1 is 1.44 bits per heavy atom. The van der Waals surface area contributed by atoms with Crippen molar-refractivity contribution in [2.45, 2.75) is 45.7 Å². The minimum absolute atomic E-state index is 0.0358. The van der Waals surface area contributed by atoms with Crippen molar-refractivity contribution in [2.75, 3.05) is 6.61 Å². The molecule has 2 heterocycles. The molecule has 16 heavy (non-hydrogen) atoms. The average molecular weight is 225 g/mol. The van der Waals surface area contributed by atoms with Crippen LogP contribution >= 0.6 is 0 Å². The van der Waals surface area contributed by atoms with Crippen molar-refractivity contribution in [3.05, 3.63) is 0 Å². The van der Waals surface area contributed by atoms with Gasteiger partial charge in [-0.25, -0.2) is 4.79 Å². The quantitative estimate of drug-likeness (QED) is 0.720. The van der Waals surface area contributed by atoms with Gasteiger partial charge in [-0.15, -0.1) is 0 Å². The highest BCUT2D eigenvalue weighted by Crippen LogP contribution is 2.37. The van der Waals surface area contributed by atoms with Crippen molar-refractivity contribution in [1.82, 2.24) is 4.90 Å². The number of Topliss-reactive ketones (excluding diaryl/α,β-unsaturated/α-hetero) is 1. The summed E-state index contributed by atoms with van der Waals surface area (Å²) in [6.07, 6.45) is 1.28. The Balaban J connectivity index is 2.21. The number of amides is 1. The Bertz CT molecular complexity index is 315. The summed E-state index contributed by atoms with van der Waals surface area (Å²) in [6.45, 7) is 6.34. The topological polar surface area (TPSA) is 46.6 Å². The fraction of sp³-hybridized carbons (Fsp3) is 0.833. The molecule has 4 nitrogen and oxygen atoms in total. The lowest BCUT2D eigenvalue weighted by Crippen LogP contribution is -2.53. The number of carbonyl (C=O) groups is 2. The van der Waals surface area contributed by atoms with Gasteiger partial charge in [-0.1, -0.05) is 13.8 Å². The van der Waals surface area contributed by atoms with Crippen molar-refractivity contribution < 1.29 is 14.3 Å². The number of hydrogen-bond acceptors (Lipinski definition) is 3. The molecular weight excluding hydrogens is 206 g/mol. The van der Waals surface area contributed by atoms with Crippen LogP contribution in [0.25, 0.3) is 0 Å². The maximum Gasteiger partial charge on any atom is 0.410 e. The van der Waals surface area contributed by atoms with Crippen LogP contribution in [0.2, 0.25) is 0 Å². The molecule has 1 amide bonds. The van der Waals surface area contributed by atoms with Gasteiger partial charge in [-0.2, -0.15) is 0 Å². The summed E-state index contributed by atoms with van der Waals surface area (Å²) in [4.78, 5) is 24.7. The molecule has 0 saturated carbocycles. The van der Waals surface area contributed by atoms with E-state index in [2.05, 4.69) is 13.8 Å². The third-order valence-corrected chi connectivity index (χ3v) is 3.86. The zero-order valence-electron chi connectivity index (χ0n) is 10.1. The molecule has 4 heteroatoms. The smallest absolute Gasteiger partial charge is 0.410 e. The van der Waals surface area contributed by atoms with E-state index in [4.69, 9.17) is 4.74 Å². The molecule has 0 bridgehead atoms. The van der Waals surface area contributed by atoms with Gasteiger partial charge in [0.15, 0.2) is 0 Å². The van der Waals surface area contributed by atoms with Crippen LogP contribution in [0.1, 0.15) is 33.6 Å². The van der Waals surface area contributed by atoms with E-state index in [1.54, 1.807) is 11.8 Å². The largest absolute Gasteiger partial charge is 0.447 e. The van der Waals surface area contributed by atoms with E-state index in [1.165, 1.54) is 0 Å². The molecule has 0 spiro atoms. The van der Waals surface area contributed by atoms with Crippen LogP contribution < -0.4 is 0 Å². The highest BCUT2D eigenvalue weighted by Gasteiger charge is 2.47. The molecule has 2 aliphatic heterocycles. The van der Waals surface area contributed by atoms with E-state index >= 15 is 0 Å². The predicted molar refractivity (Wildman–Crippen MR) is 59.0 cm³/mol. The Hall–Kier alpha value is -1.06. The van der Waals surface area contributed by atoms with Crippen molar-refractivity contribution in [3.8, 4) is 0 Å². The fourth-order valence-electron chi connectivity index (χ4n) is 3.04. The molecule has 2 rings (SSSR count). The van der Waals surface area contributed by atoms with Crippen LogP contribution in [0.5, 0.6) is 0 Å². The van der Waals surface area contributed by atoms with Gasteiger partial charge in [0, 0.05) is 12.5 Å². The summed E-state index contributed by atoms with van der Waals surface area (Å²) in [7, 11) is 0. The van der Waals surface area contributed by atoms with E-state index in [9.17, 15) is 9.59 Å². The first-order chi connectivity index (χ1) is 7.50. The van der Waals surface area contributed by atoms with Crippen LogP contribution in [-0.2, 0) is 9.53 Å². The maximum atomic E-state index is 11.7. The minimum Gasteiger partial charge on any atom is -0.447 e. The summed E-state index contributed by atoms with van der Waals surface area (Å²) in [5, 5.41) is 0. The van der Waals surface area contributed by atoms with E-state index < -0.39 is 0 Å². The van der Waals surface area contributed by atoms with Gasteiger partial charge >= 0.3 is 6.09 Å². The van der Waals surface area contributed by atoms with Crippen molar-refractivity contribution >= 4 is 11.9 Å². The maximum absolute atomic E-state index is 11.7. The summed E-state index contributed by atoms with van der Waals surface area (Å²) < 4.78 is 5.11. The molecule has 0 N–H and O–H groups in total. The van der Waals surface area contributed by atoms with Gasteiger partial charge < -0.3 is 4.74 Å². The van der Waals surface area contributed by atoms with E-state index in [1.807, 2.05) is 0 Å². The van der Waals surface area contributed by atoms with Gasteiger partial charge in [-0.05, 0) is 25.2 Å². The van der Waals surface area contributed by atoms with Gasteiger partial charge in [-0.3, -0.25) is 9.69 Å². The number of piperidine rings is 1. The number of ketones is 1. The first kappa shape index (κ1) is 11.4. The first-order valence-corrected chi connectivity index (χ1v) is 5.95. The lowest BCUT2D eigenvalue weighted by atomic mass is 9.79. The van der Waals surface area contributed by atoms with E-state index in [0.717, 1.165) is 6.42 Å². The Morgan fingerprint density at radius 3 is 2.75 bits per heavy atom. The van der Waals surface area contributed by atoms with Crippen molar-refractivity contribution in [2.24, 2.45) is 11.8 Å². The SMILES string of the molecule is CC(=O)C[C@H]1[C@H](C)C[C@@H](C)[C@@H]2COC(=O)N21. The third-order valence-electron chi connectivity index (χ3n) is 3.86. The number of rotatable bonds is 2. The van der Waals surface area contributed by atoms with Gasteiger partial charge in [0.25, 0.3) is 0 Å². The van der Waals surface area contributed by atoms with Gasteiger partial charge in [0.2, 0.25) is 0 Å². The number of fused-ring (bicyclic) bond motifs is 1. The summed E-state index contributed by atoms with van der Waals surface area (Å²) in [6, 6.07) is 0.210. The Morgan fingerprint density at radius 2 is 2.12 bits per heavy atom. The average Bonchev–Trinajstić information content (AvgIpc) is 2.55. The van der Waals surface area contributed by atoms with E-state index in [0.29, 0.717) is 24.9 Å². The zero-order valence-corrected chi connectivity index (χ0v) is 10.1. The predicted octanol–water partition coefficient (Wildman–Crippen LogP) is 1.83. The van der Waals surface area contributed by atoms with Crippen LogP contribution in [0.15, 0.2) is 0 Å². The Kier molecular flexibility index (Phi) is 2.91. The molecule has 0 aromatic carbocycles. The number of hydrogen-bond donors (Lipinski definition) is 0. The van der Waals surface area contributed by atoms with Crippen LogP contribution in [0.3, 0.4) is 0 Å². The third kappa shape index (κ3) is 1.81. The summed E-state index contributed by atoms with van der Waals surface area (Å²) >= 11 is 0. The number of carbonyl (C=O) groups excluding carboxylic acids is 2. The molecule has 2 aliphatic rings. The highest BCUT2D eigenvalue weighted by atomic mass is 16.6. The van der Waals surface area contributed by atoms with Crippen molar-refractivity contribution in [3.63, 3.8) is 0 Å². The zero-order chi connectivity index (χ0) is 11.9. The first-order valence-electron chi connectivity index (χ1n) is 5.95. The second-order valence-electron chi connectivity index (χ2n) is 5.22. The van der Waals surface area contributed by atoms with E-state index in [-0.39, 0.29) is 24.0 Å². The second-order valence-corrected chi connectivity index (χ2v) is 5.22. The molecule has 90 valence electrons. The summed E-state index contributed by atoms with van der Waals surface area (Å²) in [5.41, 5.74) is 0. The molecule has 0 radical (unpaired) electrons. The molecule has 0 unspecified atom stereocenters. The number of ether oxygens (including phenoxy) is 1. The lowest BCUT2D eigenvalue weighted by molar-refractivity contribution is -0.119. The monoisotopic (exact) mass is 225 g/mol. The van der Waals surface area contributed by atoms with Crippen LogP contribution in [0, 0.1) is 11.8 Å². The number of cyclic esters (lactones) is 1. The highest BCUT2D eigenvalue weighted by molar-refractivity contribution is 5.78. The summed E-state index contributed by atoms with van der Waals surface area (Å²) in [5.74, 6) is 0.982. The second kappa shape index (κ2) is 4.07. The van der Waals surface area contributed by atoms with Crippen molar-refractivity contribution in [1.29, 1.82) is 0 Å². The van der Waals surface area contributed by atoms with Crippen LogP contribution in [0.4, 0.5) is 4.79 Å². The molecule has 2 saturated heterocycles. The van der Waals surface area contributed by atoms with Crippen LogP contribution in [-0.4, -0.2) is 35.5 Å². The molecular formula is C12H19NO3. The van der Waals surface area contributed by atoms with Gasteiger partial charge in [0.1, 0.15) is 12.4 Å². The number of nitrogens with zero attached hydrogens (tertiary/aromatic N) is 1. The molecule has 4 atom stereocenters. The Labute approximate surface area is 95.9 Å². The standard InChI is InChI=1S/C12H19NO3/c1-7-4-8(2)11-6-16-12(15)13(11)10(7)5-9(3)14/h7-8,10-11H,4-6H2,1-3H3/t7-,8-,10+,11+/m1/s1.